The van der Waals surface area contributed by atoms with E-state index in [2.05, 4.69) is 12.2 Å². The first-order valence-electron chi connectivity index (χ1n) is 5.97. The van der Waals surface area contributed by atoms with Crippen LogP contribution in [0.4, 0.5) is 0 Å². The second kappa shape index (κ2) is 8.72. The van der Waals surface area contributed by atoms with Gasteiger partial charge in [-0.1, -0.05) is 34.1 Å². The average molecular weight is 267 g/mol. The van der Waals surface area contributed by atoms with Crippen LogP contribution in [-0.4, -0.2) is 30.2 Å². The highest BCUT2D eigenvalue weighted by Crippen LogP contribution is 2.17. The van der Waals surface area contributed by atoms with E-state index in [4.69, 9.17) is 10.8 Å². The Morgan fingerprint density at radius 1 is 1.41 bits per heavy atom. The molecule has 5 heteroatoms. The summed E-state index contributed by atoms with van der Waals surface area (Å²) in [4.78, 5) is 11.7. The van der Waals surface area contributed by atoms with Crippen LogP contribution >= 0.6 is 12.4 Å². The Morgan fingerprint density at radius 3 is 2.29 bits per heavy atom. The SMILES string of the molecule is CCC(CCO)CNC(=O)[C@@H](N)C(C)(C)C.Cl. The first-order chi connectivity index (χ1) is 7.32. The highest BCUT2D eigenvalue weighted by molar-refractivity contribution is 5.85. The molecule has 0 heterocycles. The minimum Gasteiger partial charge on any atom is -0.396 e. The van der Waals surface area contributed by atoms with Gasteiger partial charge in [0.2, 0.25) is 5.91 Å². The van der Waals surface area contributed by atoms with E-state index in [1.807, 2.05) is 20.8 Å². The smallest absolute Gasteiger partial charge is 0.237 e. The lowest BCUT2D eigenvalue weighted by Gasteiger charge is -2.26. The van der Waals surface area contributed by atoms with Gasteiger partial charge in [-0.3, -0.25) is 4.79 Å². The molecule has 0 aliphatic carbocycles. The fourth-order valence-corrected chi connectivity index (χ4v) is 1.38. The summed E-state index contributed by atoms with van der Waals surface area (Å²) in [5.74, 6) is 0.227. The number of amides is 1. The van der Waals surface area contributed by atoms with E-state index in [1.54, 1.807) is 0 Å². The monoisotopic (exact) mass is 266 g/mol. The third-order valence-corrected chi connectivity index (χ3v) is 2.90. The van der Waals surface area contributed by atoms with Gasteiger partial charge in [0.05, 0.1) is 6.04 Å². The molecule has 17 heavy (non-hydrogen) atoms. The van der Waals surface area contributed by atoms with Gasteiger partial charge in [0.15, 0.2) is 0 Å². The number of rotatable bonds is 6. The summed E-state index contributed by atoms with van der Waals surface area (Å²) in [5, 5.41) is 11.7. The highest BCUT2D eigenvalue weighted by Gasteiger charge is 2.27. The number of carbonyl (C=O) groups is 1. The molecule has 0 aromatic rings. The summed E-state index contributed by atoms with van der Waals surface area (Å²) < 4.78 is 0. The second-order valence-electron chi connectivity index (χ2n) is 5.38. The lowest BCUT2D eigenvalue weighted by atomic mass is 9.87. The van der Waals surface area contributed by atoms with Crippen molar-refractivity contribution in [2.75, 3.05) is 13.2 Å². The average Bonchev–Trinajstić information content (AvgIpc) is 2.21. The minimum atomic E-state index is -0.487. The summed E-state index contributed by atoms with van der Waals surface area (Å²) in [6.07, 6.45) is 1.67. The Kier molecular flexibility index (Phi) is 9.77. The van der Waals surface area contributed by atoms with Crippen molar-refractivity contribution in [3.63, 3.8) is 0 Å². The van der Waals surface area contributed by atoms with Crippen molar-refractivity contribution < 1.29 is 9.90 Å². The Hall–Kier alpha value is -0.320. The summed E-state index contributed by atoms with van der Waals surface area (Å²) in [6, 6.07) is -0.487. The molecule has 0 aromatic heterocycles. The molecule has 0 aliphatic rings. The van der Waals surface area contributed by atoms with Gasteiger partial charge in [0.1, 0.15) is 0 Å². The van der Waals surface area contributed by atoms with Crippen LogP contribution in [0, 0.1) is 11.3 Å². The summed E-state index contributed by atoms with van der Waals surface area (Å²) in [7, 11) is 0. The minimum absolute atomic E-state index is 0. The topological polar surface area (TPSA) is 75.3 Å². The molecule has 2 atom stereocenters. The highest BCUT2D eigenvalue weighted by atomic mass is 35.5. The zero-order valence-electron chi connectivity index (χ0n) is 11.3. The van der Waals surface area contributed by atoms with Gasteiger partial charge >= 0.3 is 0 Å². The third-order valence-electron chi connectivity index (χ3n) is 2.90. The fourth-order valence-electron chi connectivity index (χ4n) is 1.38. The maximum atomic E-state index is 11.7. The number of nitrogens with two attached hydrogens (primary N) is 1. The molecule has 0 fully saturated rings. The number of carbonyl (C=O) groups excluding carboxylic acids is 1. The Bertz CT molecular complexity index is 217. The molecule has 4 N–H and O–H groups in total. The van der Waals surface area contributed by atoms with Crippen LogP contribution in [0.5, 0.6) is 0 Å². The lowest BCUT2D eigenvalue weighted by Crippen LogP contribution is -2.49. The van der Waals surface area contributed by atoms with Crippen molar-refractivity contribution in [2.45, 2.75) is 46.6 Å². The van der Waals surface area contributed by atoms with E-state index in [0.717, 1.165) is 12.8 Å². The van der Waals surface area contributed by atoms with E-state index in [-0.39, 0.29) is 30.3 Å². The van der Waals surface area contributed by atoms with Crippen molar-refractivity contribution in [1.82, 2.24) is 5.32 Å². The van der Waals surface area contributed by atoms with E-state index in [0.29, 0.717) is 12.5 Å². The largest absolute Gasteiger partial charge is 0.396 e. The molecule has 0 spiro atoms. The first kappa shape index (κ1) is 19.0. The Balaban J connectivity index is 0. The number of aliphatic hydroxyl groups is 1. The summed E-state index contributed by atoms with van der Waals surface area (Å²) in [5.41, 5.74) is 5.61. The molecule has 4 nitrogen and oxygen atoms in total. The lowest BCUT2D eigenvalue weighted by molar-refractivity contribution is -0.124. The van der Waals surface area contributed by atoms with Crippen LogP contribution in [0.1, 0.15) is 40.5 Å². The fraction of sp³-hybridized carbons (Fsp3) is 0.917. The molecule has 1 amide bonds. The number of hydrogen-bond acceptors (Lipinski definition) is 3. The number of hydrogen-bond donors (Lipinski definition) is 3. The van der Waals surface area contributed by atoms with Crippen molar-refractivity contribution in [3.05, 3.63) is 0 Å². The second-order valence-corrected chi connectivity index (χ2v) is 5.38. The van der Waals surface area contributed by atoms with Crippen molar-refractivity contribution in [3.8, 4) is 0 Å². The number of nitrogens with one attached hydrogen (secondary N) is 1. The van der Waals surface area contributed by atoms with Crippen molar-refractivity contribution >= 4 is 18.3 Å². The van der Waals surface area contributed by atoms with E-state index < -0.39 is 6.04 Å². The molecular weight excluding hydrogens is 240 g/mol. The maximum Gasteiger partial charge on any atom is 0.237 e. The van der Waals surface area contributed by atoms with Crippen LogP contribution in [-0.2, 0) is 4.79 Å². The van der Waals surface area contributed by atoms with E-state index in [1.165, 1.54) is 0 Å². The third kappa shape index (κ3) is 7.58. The first-order valence-corrected chi connectivity index (χ1v) is 5.97. The predicted octanol–water partition coefficient (Wildman–Crippen LogP) is 1.31. The van der Waals surface area contributed by atoms with Gasteiger partial charge in [-0.25, -0.2) is 0 Å². The van der Waals surface area contributed by atoms with Gasteiger partial charge in [0.25, 0.3) is 0 Å². The quantitative estimate of drug-likeness (QED) is 0.679. The Labute approximate surface area is 111 Å². The van der Waals surface area contributed by atoms with Gasteiger partial charge in [-0.2, -0.15) is 0 Å². The zero-order chi connectivity index (χ0) is 12.8. The van der Waals surface area contributed by atoms with Crippen molar-refractivity contribution in [1.29, 1.82) is 0 Å². The summed E-state index contributed by atoms with van der Waals surface area (Å²) >= 11 is 0. The molecule has 0 aromatic carbocycles. The van der Waals surface area contributed by atoms with Crippen LogP contribution in [0.25, 0.3) is 0 Å². The molecule has 0 saturated carbocycles. The van der Waals surface area contributed by atoms with Crippen LogP contribution in [0.2, 0.25) is 0 Å². The molecule has 0 rings (SSSR count). The standard InChI is InChI=1S/C12H26N2O2.ClH/c1-5-9(6-7-15)8-14-11(16)10(13)12(2,3)4;/h9-10,15H,5-8,13H2,1-4H3,(H,14,16);1H/t9?,10-;/m1./s1. The molecular formula is C12H27ClN2O2. The van der Waals surface area contributed by atoms with Crippen molar-refractivity contribution in [2.24, 2.45) is 17.1 Å². The molecule has 0 aliphatic heterocycles. The molecule has 1 unspecified atom stereocenters. The predicted molar refractivity (Wildman–Crippen MR) is 73.2 cm³/mol. The molecule has 0 bridgehead atoms. The van der Waals surface area contributed by atoms with Gasteiger partial charge in [0, 0.05) is 13.2 Å². The number of aliphatic hydroxyl groups excluding tert-OH is 1. The van der Waals surface area contributed by atoms with E-state index >= 15 is 0 Å². The maximum absolute atomic E-state index is 11.7. The molecule has 0 radical (unpaired) electrons. The number of halogens is 1. The molecule has 104 valence electrons. The normalized spacial score (nSPS) is 14.7. The van der Waals surface area contributed by atoms with Crippen LogP contribution in [0.3, 0.4) is 0 Å². The van der Waals surface area contributed by atoms with Crippen LogP contribution in [0.15, 0.2) is 0 Å². The Morgan fingerprint density at radius 2 is 1.94 bits per heavy atom. The zero-order valence-corrected chi connectivity index (χ0v) is 12.1. The summed E-state index contributed by atoms with van der Waals surface area (Å²) in [6.45, 7) is 8.66. The van der Waals surface area contributed by atoms with Gasteiger partial charge < -0.3 is 16.2 Å². The molecule has 0 saturated heterocycles. The van der Waals surface area contributed by atoms with E-state index in [9.17, 15) is 4.79 Å². The van der Waals surface area contributed by atoms with Crippen LogP contribution < -0.4 is 11.1 Å². The van der Waals surface area contributed by atoms with Gasteiger partial charge in [-0.15, -0.1) is 12.4 Å². The van der Waals surface area contributed by atoms with Gasteiger partial charge in [-0.05, 0) is 17.8 Å².